The van der Waals surface area contributed by atoms with E-state index in [1.165, 1.54) is 11.3 Å². The Morgan fingerprint density at radius 3 is 2.86 bits per heavy atom. The summed E-state index contributed by atoms with van der Waals surface area (Å²) >= 11 is 4.63. The molecule has 0 amide bonds. The first-order valence-corrected chi connectivity index (χ1v) is 5.14. The van der Waals surface area contributed by atoms with Crippen LogP contribution in [0.4, 0.5) is 0 Å². The van der Waals surface area contributed by atoms with Gasteiger partial charge in [-0.05, 0) is 15.9 Å². The molecule has 7 heteroatoms. The fraction of sp³-hybridized carbons (Fsp3) is 0. The van der Waals surface area contributed by atoms with E-state index in [1.54, 1.807) is 5.51 Å². The second-order valence-electron chi connectivity index (χ2n) is 2.31. The summed E-state index contributed by atoms with van der Waals surface area (Å²) in [5.41, 5.74) is 2.13. The van der Waals surface area contributed by atoms with Gasteiger partial charge in [-0.1, -0.05) is 0 Å². The molecule has 0 spiro atoms. The lowest BCUT2D eigenvalue weighted by Crippen LogP contribution is -1.91. The maximum atomic E-state index is 10.5. The highest BCUT2D eigenvalue weighted by molar-refractivity contribution is 9.11. The normalized spacial score (nSPS) is 10.4. The Balaban J connectivity index is 2.43. The highest BCUT2D eigenvalue weighted by Crippen LogP contribution is 2.29. The molecule has 0 saturated carbocycles. The molecule has 14 heavy (non-hydrogen) atoms. The van der Waals surface area contributed by atoms with Crippen molar-refractivity contribution in [3.63, 3.8) is 0 Å². The minimum absolute atomic E-state index is 0.195. The summed E-state index contributed by atoms with van der Waals surface area (Å²) in [6, 6.07) is 0. The number of aromatic nitrogens is 2. The molecule has 0 saturated heterocycles. The Labute approximate surface area is 90.6 Å². The van der Waals surface area contributed by atoms with Gasteiger partial charge in [-0.25, -0.2) is 14.8 Å². The Morgan fingerprint density at radius 2 is 2.36 bits per heavy atom. The van der Waals surface area contributed by atoms with E-state index in [9.17, 15) is 4.79 Å². The van der Waals surface area contributed by atoms with E-state index in [1.807, 2.05) is 0 Å². The average molecular weight is 275 g/mol. The Kier molecular flexibility index (Phi) is 2.34. The molecule has 0 radical (unpaired) electrons. The number of nitrogens with zero attached hydrogens (tertiary/aromatic N) is 2. The van der Waals surface area contributed by atoms with E-state index in [-0.39, 0.29) is 11.7 Å². The van der Waals surface area contributed by atoms with Gasteiger partial charge < -0.3 is 9.52 Å². The molecular formula is C7H3BrN2O3S. The third-order valence-electron chi connectivity index (χ3n) is 1.44. The predicted octanol–water partition coefficient (Wildman–Crippen LogP) is 2.26. The average Bonchev–Trinajstić information content (AvgIpc) is 2.71. The minimum Gasteiger partial charge on any atom is -0.475 e. The lowest BCUT2D eigenvalue weighted by molar-refractivity contribution is 0.0663. The van der Waals surface area contributed by atoms with Gasteiger partial charge in [0, 0.05) is 0 Å². The number of thiazole rings is 1. The smallest absolute Gasteiger partial charge is 0.373 e. The maximum absolute atomic E-state index is 10.5. The van der Waals surface area contributed by atoms with Gasteiger partial charge in [0.05, 0.1) is 11.7 Å². The first-order chi connectivity index (χ1) is 6.68. The van der Waals surface area contributed by atoms with Gasteiger partial charge in [-0.15, -0.1) is 11.3 Å². The zero-order valence-electron chi connectivity index (χ0n) is 6.60. The molecule has 72 valence electrons. The molecule has 0 aliphatic heterocycles. The Hall–Kier alpha value is -1.21. The summed E-state index contributed by atoms with van der Waals surface area (Å²) < 4.78 is 5.73. The molecule has 0 unspecified atom stereocenters. The van der Waals surface area contributed by atoms with Crippen molar-refractivity contribution in [1.82, 2.24) is 9.97 Å². The van der Waals surface area contributed by atoms with Crippen LogP contribution in [0, 0.1) is 0 Å². The lowest BCUT2D eigenvalue weighted by Gasteiger charge is -1.88. The van der Waals surface area contributed by atoms with Crippen LogP contribution in [0.2, 0.25) is 0 Å². The predicted molar refractivity (Wildman–Crippen MR) is 52.3 cm³/mol. The summed E-state index contributed by atoms with van der Waals surface area (Å²) in [5.74, 6) is -1.13. The molecule has 2 aromatic heterocycles. The van der Waals surface area contributed by atoms with Crippen LogP contribution in [0.15, 0.2) is 19.9 Å². The number of hydrogen-bond acceptors (Lipinski definition) is 5. The van der Waals surface area contributed by atoms with E-state index in [4.69, 9.17) is 9.52 Å². The molecular weight excluding hydrogens is 272 g/mol. The number of aromatic carboxylic acids is 1. The van der Waals surface area contributed by atoms with Crippen molar-refractivity contribution in [2.75, 3.05) is 0 Å². The van der Waals surface area contributed by atoms with Crippen molar-refractivity contribution in [2.45, 2.75) is 0 Å². The number of oxazole rings is 1. The van der Waals surface area contributed by atoms with E-state index in [2.05, 4.69) is 25.9 Å². The summed E-state index contributed by atoms with van der Waals surface area (Å²) in [6.07, 6.45) is 1.16. The summed E-state index contributed by atoms with van der Waals surface area (Å²) in [5, 5.41) is 8.60. The molecule has 0 fully saturated rings. The van der Waals surface area contributed by atoms with Gasteiger partial charge >= 0.3 is 5.97 Å². The van der Waals surface area contributed by atoms with E-state index >= 15 is 0 Å². The largest absolute Gasteiger partial charge is 0.475 e. The van der Waals surface area contributed by atoms with Gasteiger partial charge in [0.2, 0.25) is 11.7 Å². The maximum Gasteiger partial charge on any atom is 0.373 e. The highest BCUT2D eigenvalue weighted by Gasteiger charge is 2.15. The van der Waals surface area contributed by atoms with Gasteiger partial charge in [-0.3, -0.25) is 0 Å². The van der Waals surface area contributed by atoms with Crippen LogP contribution in [0.5, 0.6) is 0 Å². The van der Waals surface area contributed by atoms with Crippen LogP contribution in [0.25, 0.3) is 11.6 Å². The second-order valence-corrected chi connectivity index (χ2v) is 4.48. The highest BCUT2D eigenvalue weighted by atomic mass is 79.9. The number of carboxylic acids is 1. The fourth-order valence-corrected chi connectivity index (χ4v) is 1.88. The molecule has 2 rings (SSSR count). The molecule has 0 aromatic carbocycles. The molecule has 2 heterocycles. The van der Waals surface area contributed by atoms with Gasteiger partial charge in [0.15, 0.2) is 5.69 Å². The van der Waals surface area contributed by atoms with Gasteiger partial charge in [-0.2, -0.15) is 0 Å². The molecule has 0 bridgehead atoms. The fourth-order valence-electron chi connectivity index (χ4n) is 0.854. The van der Waals surface area contributed by atoms with Crippen LogP contribution in [-0.4, -0.2) is 21.0 Å². The number of hydrogen-bond donors (Lipinski definition) is 1. The molecule has 2 aromatic rings. The lowest BCUT2D eigenvalue weighted by atomic mass is 10.5. The monoisotopic (exact) mass is 274 g/mol. The van der Waals surface area contributed by atoms with Crippen molar-refractivity contribution >= 4 is 33.2 Å². The third kappa shape index (κ3) is 1.55. The summed E-state index contributed by atoms with van der Waals surface area (Å²) in [4.78, 5) is 18.3. The first kappa shape index (κ1) is 9.35. The number of carbonyl (C=O) groups is 1. The molecule has 1 N–H and O–H groups in total. The quantitative estimate of drug-likeness (QED) is 0.909. The SMILES string of the molecule is O=C(O)c1cnc(-c2ncsc2Br)o1. The van der Waals surface area contributed by atoms with Crippen LogP contribution in [0.3, 0.4) is 0 Å². The standard InChI is InChI=1S/C7H3BrN2O3S/c8-5-4(10-2-14-5)6-9-1-3(13-6)7(11)12/h1-2H,(H,11,12). The van der Waals surface area contributed by atoms with E-state index in [0.717, 1.165) is 9.98 Å². The number of carboxylic acid groups (broad SMARTS) is 1. The zero-order chi connectivity index (χ0) is 10.1. The Morgan fingerprint density at radius 1 is 1.57 bits per heavy atom. The molecule has 5 nitrogen and oxygen atoms in total. The third-order valence-corrected chi connectivity index (χ3v) is 2.99. The molecule has 0 aliphatic rings. The van der Waals surface area contributed by atoms with Crippen molar-refractivity contribution in [3.8, 4) is 11.6 Å². The van der Waals surface area contributed by atoms with Crippen LogP contribution in [0.1, 0.15) is 10.6 Å². The van der Waals surface area contributed by atoms with E-state index < -0.39 is 5.97 Å². The van der Waals surface area contributed by atoms with E-state index in [0.29, 0.717) is 5.69 Å². The Bertz CT molecular complexity index is 479. The first-order valence-electron chi connectivity index (χ1n) is 3.47. The van der Waals surface area contributed by atoms with Crippen LogP contribution in [-0.2, 0) is 0 Å². The van der Waals surface area contributed by atoms with Crippen molar-refractivity contribution in [1.29, 1.82) is 0 Å². The van der Waals surface area contributed by atoms with Crippen LogP contribution < -0.4 is 0 Å². The van der Waals surface area contributed by atoms with Crippen molar-refractivity contribution in [3.05, 3.63) is 21.3 Å². The molecule has 0 atom stereocenters. The van der Waals surface area contributed by atoms with Crippen LogP contribution >= 0.6 is 27.3 Å². The van der Waals surface area contributed by atoms with Crippen molar-refractivity contribution in [2.24, 2.45) is 0 Å². The summed E-state index contributed by atoms with van der Waals surface area (Å²) in [6.45, 7) is 0. The topological polar surface area (TPSA) is 76.2 Å². The van der Waals surface area contributed by atoms with Gasteiger partial charge in [0.25, 0.3) is 0 Å². The minimum atomic E-state index is -1.14. The van der Waals surface area contributed by atoms with Crippen molar-refractivity contribution < 1.29 is 14.3 Å². The summed E-state index contributed by atoms with van der Waals surface area (Å²) in [7, 11) is 0. The number of halogens is 1. The molecule has 0 aliphatic carbocycles. The second kappa shape index (κ2) is 3.50. The zero-order valence-corrected chi connectivity index (χ0v) is 9.00. The van der Waals surface area contributed by atoms with Gasteiger partial charge in [0.1, 0.15) is 3.79 Å². The number of rotatable bonds is 2.